The Morgan fingerprint density at radius 3 is 1.64 bits per heavy atom. The molecule has 1 spiro atoms. The van der Waals surface area contributed by atoms with Crippen molar-refractivity contribution in [3.05, 3.63) is 241 Å². The Bertz CT molecular complexity index is 3520. The van der Waals surface area contributed by atoms with Crippen molar-refractivity contribution in [1.29, 1.82) is 0 Å². The van der Waals surface area contributed by atoms with Gasteiger partial charge in [0.1, 0.15) is 11.5 Å². The summed E-state index contributed by atoms with van der Waals surface area (Å²) < 4.78 is 6.75. The molecule has 298 valence electrons. The Hall–Kier alpha value is -8.54. The van der Waals surface area contributed by atoms with E-state index >= 15 is 0 Å². The number of benzene rings is 7. The van der Waals surface area contributed by atoms with Crippen LogP contribution < -0.4 is 4.74 Å². The van der Waals surface area contributed by atoms with Gasteiger partial charge >= 0.3 is 0 Å². The Balaban J connectivity index is 1.07. The quantitative estimate of drug-likeness (QED) is 0.162. The van der Waals surface area contributed by atoms with Crippen LogP contribution in [0.15, 0.2) is 219 Å². The summed E-state index contributed by atoms with van der Waals surface area (Å²) in [5.41, 5.74) is 17.1. The standard InChI is InChI=1S/C59H36N4O/c1-2-15-39(16-3-1)58-44-35-45-49(36-43(44)42-17-4-7-22-50(42)63-58)59(46-19-5-8-25-55(46)64-56-26-9-6-20-47(56)59)48-21-14-18-41(57(45)48)38-29-27-37(28-30-38)40-33-53(51-23-10-12-31-60-51)62-54(34-40)52-24-11-13-32-61-52/h1-36H. The van der Waals surface area contributed by atoms with E-state index < -0.39 is 5.41 Å². The van der Waals surface area contributed by atoms with E-state index in [0.717, 1.165) is 95.2 Å². The molecule has 11 aromatic rings. The molecule has 1 aliphatic carbocycles. The van der Waals surface area contributed by atoms with Gasteiger partial charge in [0.2, 0.25) is 0 Å². The minimum absolute atomic E-state index is 0.654. The topological polar surface area (TPSA) is 60.8 Å². The molecular formula is C59H36N4O. The molecule has 0 fully saturated rings. The van der Waals surface area contributed by atoms with Crippen LogP contribution in [0.1, 0.15) is 22.3 Å². The molecule has 13 rings (SSSR count). The summed E-state index contributed by atoms with van der Waals surface area (Å²) in [6, 6.07) is 73.1. The molecule has 4 aromatic heterocycles. The second kappa shape index (κ2) is 14.3. The van der Waals surface area contributed by atoms with Gasteiger partial charge in [-0.2, -0.15) is 0 Å². The second-order valence-electron chi connectivity index (χ2n) is 16.5. The lowest BCUT2D eigenvalue weighted by Gasteiger charge is -2.39. The minimum atomic E-state index is -0.654. The van der Waals surface area contributed by atoms with Gasteiger partial charge in [0.05, 0.1) is 39.4 Å². The van der Waals surface area contributed by atoms with Crippen molar-refractivity contribution in [1.82, 2.24) is 19.9 Å². The number of fused-ring (bicyclic) bond motifs is 12. The third-order valence-corrected chi connectivity index (χ3v) is 13.0. The monoisotopic (exact) mass is 816 g/mol. The lowest BCUT2D eigenvalue weighted by atomic mass is 9.66. The van der Waals surface area contributed by atoms with E-state index in [0.29, 0.717) is 0 Å². The van der Waals surface area contributed by atoms with Crippen LogP contribution in [-0.4, -0.2) is 19.9 Å². The van der Waals surface area contributed by atoms with Gasteiger partial charge in [-0.3, -0.25) is 9.97 Å². The summed E-state index contributed by atoms with van der Waals surface area (Å²) in [5.74, 6) is 1.74. The van der Waals surface area contributed by atoms with Gasteiger partial charge in [-0.15, -0.1) is 0 Å². The molecule has 0 bridgehead atoms. The smallest absolute Gasteiger partial charge is 0.132 e. The largest absolute Gasteiger partial charge is 0.457 e. The van der Waals surface area contributed by atoms with E-state index in [1.54, 1.807) is 12.4 Å². The second-order valence-corrected chi connectivity index (χ2v) is 16.5. The van der Waals surface area contributed by atoms with Crippen LogP contribution in [0.2, 0.25) is 0 Å². The van der Waals surface area contributed by atoms with Crippen LogP contribution in [0.5, 0.6) is 11.5 Å². The molecule has 64 heavy (non-hydrogen) atoms. The van der Waals surface area contributed by atoms with Crippen molar-refractivity contribution < 1.29 is 4.74 Å². The van der Waals surface area contributed by atoms with E-state index in [-0.39, 0.29) is 0 Å². The predicted molar refractivity (Wildman–Crippen MR) is 257 cm³/mol. The Morgan fingerprint density at radius 1 is 0.344 bits per heavy atom. The molecule has 1 aliphatic heterocycles. The molecule has 5 heteroatoms. The summed E-state index contributed by atoms with van der Waals surface area (Å²) in [6.45, 7) is 0. The first-order valence-electron chi connectivity index (χ1n) is 21.6. The van der Waals surface area contributed by atoms with Gasteiger partial charge in [0.15, 0.2) is 0 Å². The zero-order valence-electron chi connectivity index (χ0n) is 34.5. The molecule has 0 saturated heterocycles. The Kier molecular flexibility index (Phi) is 8.06. The number of nitrogens with zero attached hydrogens (tertiary/aromatic N) is 4. The molecule has 0 amide bonds. The summed E-state index contributed by atoms with van der Waals surface area (Å²) in [7, 11) is 0. The van der Waals surface area contributed by atoms with Crippen LogP contribution in [0.4, 0.5) is 0 Å². The summed E-state index contributed by atoms with van der Waals surface area (Å²) in [6.07, 6.45) is 3.61. The van der Waals surface area contributed by atoms with Crippen LogP contribution >= 0.6 is 0 Å². The molecule has 0 N–H and O–H groups in total. The lowest BCUT2D eigenvalue weighted by Crippen LogP contribution is -2.32. The Labute approximate surface area is 370 Å². The van der Waals surface area contributed by atoms with Gasteiger partial charge < -0.3 is 4.74 Å². The van der Waals surface area contributed by atoms with Crippen LogP contribution in [0, 0.1) is 0 Å². The highest BCUT2D eigenvalue weighted by atomic mass is 16.5. The first kappa shape index (κ1) is 36.1. The number of para-hydroxylation sites is 3. The fraction of sp³-hybridized carbons (Fsp3) is 0.0169. The van der Waals surface area contributed by atoms with Gasteiger partial charge in [0.25, 0.3) is 0 Å². The summed E-state index contributed by atoms with van der Waals surface area (Å²) >= 11 is 0. The molecule has 0 radical (unpaired) electrons. The van der Waals surface area contributed by atoms with Gasteiger partial charge in [0, 0.05) is 39.9 Å². The van der Waals surface area contributed by atoms with E-state index in [1.165, 1.54) is 27.6 Å². The number of rotatable bonds is 5. The summed E-state index contributed by atoms with van der Waals surface area (Å²) in [5, 5.41) is 3.43. The maximum atomic E-state index is 6.75. The fourth-order valence-electron chi connectivity index (χ4n) is 10.3. The van der Waals surface area contributed by atoms with Crippen molar-refractivity contribution in [3.8, 4) is 78.9 Å². The molecule has 0 unspecified atom stereocenters. The first-order valence-corrected chi connectivity index (χ1v) is 21.6. The number of hydrogen-bond acceptors (Lipinski definition) is 5. The third-order valence-electron chi connectivity index (χ3n) is 13.0. The first-order chi connectivity index (χ1) is 31.7. The Morgan fingerprint density at radius 2 is 0.953 bits per heavy atom. The van der Waals surface area contributed by atoms with Crippen molar-refractivity contribution in [2.75, 3.05) is 0 Å². The highest BCUT2D eigenvalue weighted by molar-refractivity contribution is 6.14. The van der Waals surface area contributed by atoms with Gasteiger partial charge in [-0.1, -0.05) is 140 Å². The van der Waals surface area contributed by atoms with E-state index in [1.807, 2.05) is 36.4 Å². The molecule has 0 atom stereocenters. The molecule has 7 aromatic carbocycles. The molecule has 5 heterocycles. The SMILES string of the molecule is c1ccc(-c2nc3ccccc3c3cc4c(cc23)-c2c(-c3ccc(-c5cc(-c6ccccn6)nc(-c6ccccn6)c5)cc3)cccc2C42c3ccccc3Oc3ccccc32)cc1. The van der Waals surface area contributed by atoms with Gasteiger partial charge in [-0.25, -0.2) is 9.97 Å². The highest BCUT2D eigenvalue weighted by Crippen LogP contribution is 2.64. The lowest BCUT2D eigenvalue weighted by molar-refractivity contribution is 0.436. The molecule has 2 aliphatic rings. The predicted octanol–water partition coefficient (Wildman–Crippen LogP) is 14.4. The zero-order valence-corrected chi connectivity index (χ0v) is 34.5. The van der Waals surface area contributed by atoms with E-state index in [2.05, 4.69) is 180 Å². The maximum Gasteiger partial charge on any atom is 0.132 e. The number of ether oxygens (including phenoxy) is 1. The number of hydrogen-bond donors (Lipinski definition) is 0. The minimum Gasteiger partial charge on any atom is -0.457 e. The fourth-order valence-corrected chi connectivity index (χ4v) is 10.3. The summed E-state index contributed by atoms with van der Waals surface area (Å²) in [4.78, 5) is 19.7. The van der Waals surface area contributed by atoms with E-state index in [4.69, 9.17) is 14.7 Å². The molecular weight excluding hydrogens is 781 g/mol. The number of aromatic nitrogens is 4. The van der Waals surface area contributed by atoms with Crippen LogP contribution in [0.25, 0.3) is 89.1 Å². The molecule has 0 saturated carbocycles. The third kappa shape index (κ3) is 5.44. The normalized spacial score (nSPS) is 12.9. The maximum absolute atomic E-state index is 6.75. The van der Waals surface area contributed by atoms with Crippen molar-refractivity contribution in [2.24, 2.45) is 0 Å². The number of pyridine rings is 4. The average molecular weight is 817 g/mol. The van der Waals surface area contributed by atoms with Gasteiger partial charge in [-0.05, 0) is 117 Å². The van der Waals surface area contributed by atoms with Crippen LogP contribution in [-0.2, 0) is 5.41 Å². The molecule has 5 nitrogen and oxygen atoms in total. The van der Waals surface area contributed by atoms with Crippen LogP contribution in [0.3, 0.4) is 0 Å². The average Bonchev–Trinajstić information content (AvgIpc) is 3.66. The van der Waals surface area contributed by atoms with E-state index in [9.17, 15) is 0 Å². The zero-order chi connectivity index (χ0) is 42.2. The van der Waals surface area contributed by atoms with Crippen molar-refractivity contribution in [2.45, 2.75) is 5.41 Å². The van der Waals surface area contributed by atoms with Crippen molar-refractivity contribution >= 4 is 21.7 Å². The van der Waals surface area contributed by atoms with Crippen molar-refractivity contribution in [3.63, 3.8) is 0 Å². The highest BCUT2D eigenvalue weighted by Gasteiger charge is 2.52.